The Kier molecular flexibility index (Phi) is 4.92. The number of ether oxygens (including phenoxy) is 1. The van der Waals surface area contributed by atoms with Gasteiger partial charge in [-0.15, -0.1) is 11.3 Å². The summed E-state index contributed by atoms with van der Waals surface area (Å²) in [5.74, 6) is 1.73. The normalized spacial score (nSPS) is 14.9. The van der Waals surface area contributed by atoms with Crippen LogP contribution in [0.3, 0.4) is 0 Å². The van der Waals surface area contributed by atoms with E-state index in [0.717, 1.165) is 59.7 Å². The Balaban J connectivity index is 1.63. The van der Waals surface area contributed by atoms with Crippen LogP contribution in [0.2, 0.25) is 0 Å². The third-order valence-corrected chi connectivity index (χ3v) is 6.22. The summed E-state index contributed by atoms with van der Waals surface area (Å²) in [6, 6.07) is 14.6. The second kappa shape index (κ2) is 7.74. The van der Waals surface area contributed by atoms with E-state index in [1.54, 1.807) is 11.3 Å². The molecule has 6 nitrogen and oxygen atoms in total. The van der Waals surface area contributed by atoms with Gasteiger partial charge in [0.15, 0.2) is 5.82 Å². The van der Waals surface area contributed by atoms with Gasteiger partial charge in [-0.2, -0.15) is 0 Å². The van der Waals surface area contributed by atoms with Crippen LogP contribution >= 0.6 is 11.3 Å². The molecule has 5 rings (SSSR count). The van der Waals surface area contributed by atoms with Crippen molar-refractivity contribution in [3.05, 3.63) is 59.9 Å². The molecule has 1 fully saturated rings. The summed E-state index contributed by atoms with van der Waals surface area (Å²) in [6.45, 7) is 7.38. The SMILES string of the molecule is CC(C)(Nc1cccs1)c1nc(-c2cccc3[nH]ccc23)cc(N2CCOCC2)n1. The van der Waals surface area contributed by atoms with Crippen LogP contribution in [-0.2, 0) is 10.3 Å². The van der Waals surface area contributed by atoms with Crippen molar-refractivity contribution in [2.24, 2.45) is 0 Å². The summed E-state index contributed by atoms with van der Waals surface area (Å²) in [6.07, 6.45) is 1.97. The Hall–Kier alpha value is -2.90. The van der Waals surface area contributed by atoms with Gasteiger partial charge in [0.1, 0.15) is 5.82 Å². The third-order valence-electron chi connectivity index (χ3n) is 5.43. The molecule has 0 radical (unpaired) electrons. The van der Waals surface area contributed by atoms with Crippen molar-refractivity contribution in [2.45, 2.75) is 19.4 Å². The summed E-state index contributed by atoms with van der Waals surface area (Å²) >= 11 is 1.68. The Morgan fingerprint density at radius 1 is 1.10 bits per heavy atom. The number of rotatable bonds is 5. The summed E-state index contributed by atoms with van der Waals surface area (Å²) in [4.78, 5) is 15.6. The van der Waals surface area contributed by atoms with Crippen LogP contribution in [0.4, 0.5) is 10.8 Å². The van der Waals surface area contributed by atoms with E-state index < -0.39 is 5.54 Å². The molecule has 1 aliphatic rings. The summed E-state index contributed by atoms with van der Waals surface area (Å²) in [5.41, 5.74) is 2.73. The number of nitrogens with one attached hydrogen (secondary N) is 2. The van der Waals surface area contributed by atoms with Gasteiger partial charge in [0.05, 0.1) is 29.4 Å². The molecule has 0 saturated carbocycles. The third kappa shape index (κ3) is 3.66. The zero-order chi connectivity index (χ0) is 20.6. The van der Waals surface area contributed by atoms with Gasteiger partial charge in [-0.25, -0.2) is 9.97 Å². The van der Waals surface area contributed by atoms with Crippen molar-refractivity contribution in [2.75, 3.05) is 36.5 Å². The van der Waals surface area contributed by atoms with Crippen molar-refractivity contribution >= 4 is 33.1 Å². The van der Waals surface area contributed by atoms with Crippen LogP contribution < -0.4 is 10.2 Å². The lowest BCUT2D eigenvalue weighted by atomic mass is 10.0. The molecular weight excluding hydrogens is 394 g/mol. The minimum Gasteiger partial charge on any atom is -0.378 e. The number of fused-ring (bicyclic) bond motifs is 1. The van der Waals surface area contributed by atoms with Crippen LogP contribution in [0, 0.1) is 0 Å². The van der Waals surface area contributed by atoms with Crippen molar-refractivity contribution in [3.63, 3.8) is 0 Å². The number of aromatic amines is 1. The lowest BCUT2D eigenvalue weighted by Gasteiger charge is -2.31. The molecule has 0 spiro atoms. The van der Waals surface area contributed by atoms with E-state index in [0.29, 0.717) is 0 Å². The van der Waals surface area contributed by atoms with Crippen molar-refractivity contribution < 1.29 is 4.74 Å². The lowest BCUT2D eigenvalue weighted by Crippen LogP contribution is -2.38. The molecule has 7 heteroatoms. The monoisotopic (exact) mass is 419 g/mol. The van der Waals surface area contributed by atoms with Crippen LogP contribution in [0.25, 0.3) is 22.2 Å². The molecule has 1 aliphatic heterocycles. The predicted molar refractivity (Wildman–Crippen MR) is 123 cm³/mol. The number of hydrogen-bond acceptors (Lipinski definition) is 6. The lowest BCUT2D eigenvalue weighted by molar-refractivity contribution is 0.122. The number of thiophene rings is 1. The quantitative estimate of drug-likeness (QED) is 0.483. The van der Waals surface area contributed by atoms with Gasteiger partial charge in [-0.1, -0.05) is 12.1 Å². The van der Waals surface area contributed by atoms with Crippen LogP contribution in [0.5, 0.6) is 0 Å². The number of morpholine rings is 1. The van der Waals surface area contributed by atoms with E-state index in [-0.39, 0.29) is 0 Å². The Morgan fingerprint density at radius 3 is 2.77 bits per heavy atom. The molecule has 0 amide bonds. The standard InChI is InChI=1S/C23H25N5OS/c1-23(2,27-21-7-4-14-30-21)22-25-19(15-20(26-22)28-10-12-29-13-11-28)16-5-3-6-18-17(16)8-9-24-18/h3-9,14-15,24,27H,10-13H2,1-2H3. The largest absolute Gasteiger partial charge is 0.378 e. The van der Waals surface area contributed by atoms with Gasteiger partial charge in [0.25, 0.3) is 0 Å². The highest BCUT2D eigenvalue weighted by molar-refractivity contribution is 7.14. The fourth-order valence-electron chi connectivity index (χ4n) is 3.83. The number of anilines is 2. The van der Waals surface area contributed by atoms with E-state index in [4.69, 9.17) is 14.7 Å². The molecule has 30 heavy (non-hydrogen) atoms. The van der Waals surface area contributed by atoms with E-state index in [9.17, 15) is 0 Å². The highest BCUT2D eigenvalue weighted by Gasteiger charge is 2.27. The Labute approximate surface area is 179 Å². The summed E-state index contributed by atoms with van der Waals surface area (Å²) in [7, 11) is 0. The molecule has 0 aliphatic carbocycles. The molecule has 4 heterocycles. The van der Waals surface area contributed by atoms with E-state index in [1.165, 1.54) is 5.39 Å². The zero-order valence-corrected chi connectivity index (χ0v) is 18.0. The first-order valence-electron chi connectivity index (χ1n) is 10.2. The molecule has 0 atom stereocenters. The summed E-state index contributed by atoms with van der Waals surface area (Å²) < 4.78 is 5.55. The molecule has 1 saturated heterocycles. The van der Waals surface area contributed by atoms with E-state index in [2.05, 4.69) is 70.8 Å². The minimum atomic E-state index is -0.423. The zero-order valence-electron chi connectivity index (χ0n) is 17.2. The fraction of sp³-hybridized carbons (Fsp3) is 0.304. The highest BCUT2D eigenvalue weighted by atomic mass is 32.1. The first-order valence-corrected chi connectivity index (χ1v) is 11.1. The van der Waals surface area contributed by atoms with E-state index >= 15 is 0 Å². The molecule has 154 valence electrons. The van der Waals surface area contributed by atoms with Crippen LogP contribution in [0.1, 0.15) is 19.7 Å². The average Bonchev–Trinajstić information content (AvgIpc) is 3.45. The average molecular weight is 420 g/mol. The van der Waals surface area contributed by atoms with Crippen molar-refractivity contribution in [1.29, 1.82) is 0 Å². The first-order chi connectivity index (χ1) is 14.6. The maximum Gasteiger partial charge on any atom is 0.156 e. The van der Waals surface area contributed by atoms with Gasteiger partial charge in [-0.3, -0.25) is 0 Å². The maximum atomic E-state index is 5.55. The van der Waals surface area contributed by atoms with Gasteiger partial charge < -0.3 is 19.9 Å². The fourth-order valence-corrected chi connectivity index (χ4v) is 4.60. The topological polar surface area (TPSA) is 66.1 Å². The molecule has 0 bridgehead atoms. The van der Waals surface area contributed by atoms with Crippen LogP contribution in [-0.4, -0.2) is 41.3 Å². The minimum absolute atomic E-state index is 0.423. The Morgan fingerprint density at radius 2 is 1.97 bits per heavy atom. The Bertz CT molecular complexity index is 1150. The van der Waals surface area contributed by atoms with Crippen molar-refractivity contribution in [3.8, 4) is 11.3 Å². The predicted octanol–water partition coefficient (Wildman–Crippen LogP) is 4.87. The first kappa shape index (κ1) is 19.1. The number of hydrogen-bond donors (Lipinski definition) is 2. The van der Waals surface area contributed by atoms with Crippen molar-refractivity contribution in [1.82, 2.24) is 15.0 Å². The smallest absolute Gasteiger partial charge is 0.156 e. The second-order valence-corrected chi connectivity index (χ2v) is 8.95. The van der Waals surface area contributed by atoms with E-state index in [1.807, 2.05) is 12.3 Å². The number of nitrogens with zero attached hydrogens (tertiary/aromatic N) is 3. The highest BCUT2D eigenvalue weighted by Crippen LogP contribution is 2.33. The number of benzene rings is 1. The molecule has 4 aromatic rings. The number of H-pyrrole nitrogens is 1. The molecule has 2 N–H and O–H groups in total. The summed E-state index contributed by atoms with van der Waals surface area (Å²) in [5, 5.41) is 7.94. The maximum absolute atomic E-state index is 5.55. The number of aromatic nitrogens is 3. The van der Waals surface area contributed by atoms with Gasteiger partial charge in [0.2, 0.25) is 0 Å². The molecule has 3 aromatic heterocycles. The van der Waals surface area contributed by atoms with Gasteiger partial charge in [-0.05, 0) is 43.5 Å². The molecule has 0 unspecified atom stereocenters. The van der Waals surface area contributed by atoms with Gasteiger partial charge in [0, 0.05) is 41.8 Å². The molecule has 1 aromatic carbocycles. The van der Waals surface area contributed by atoms with Crippen LogP contribution in [0.15, 0.2) is 54.0 Å². The molecular formula is C23H25N5OS. The second-order valence-electron chi connectivity index (χ2n) is 8.01. The van der Waals surface area contributed by atoms with Gasteiger partial charge >= 0.3 is 0 Å².